The monoisotopic (exact) mass is 492 g/mol. The number of nitrogens with one attached hydrogen (secondary N) is 2. The molecule has 4 amide bonds. The summed E-state index contributed by atoms with van der Waals surface area (Å²) in [6.07, 6.45) is 3.04. The topological polar surface area (TPSA) is 131 Å². The van der Waals surface area contributed by atoms with Crippen LogP contribution in [0, 0.1) is 5.82 Å². The Morgan fingerprint density at radius 3 is 2.81 bits per heavy atom. The first-order valence-corrected chi connectivity index (χ1v) is 11.5. The van der Waals surface area contributed by atoms with Crippen molar-refractivity contribution in [3.63, 3.8) is 0 Å². The highest BCUT2D eigenvalue weighted by atomic mass is 19.1. The molecule has 0 bridgehead atoms. The standard InChI is InChI=1S/C25H21FN4O6/c1-35-16-5-2-12-10-30(23(33)20(12)21(16)26)11-25(8-19(31)29-24(25)34)18-7-15-17(36-18)6-13(9-27-15)22(32)28-14-3-4-14/h2,5-7,9,14H,3-4,8,10-11H2,1H3,(H,28,32)(H,29,31,34)/t25-/m1/s1. The van der Waals surface area contributed by atoms with Gasteiger partial charge in [-0.15, -0.1) is 0 Å². The van der Waals surface area contributed by atoms with E-state index >= 15 is 0 Å². The van der Waals surface area contributed by atoms with Gasteiger partial charge in [-0.3, -0.25) is 29.5 Å². The van der Waals surface area contributed by atoms with Gasteiger partial charge in [0.2, 0.25) is 11.8 Å². The van der Waals surface area contributed by atoms with Crippen LogP contribution in [0.1, 0.15) is 51.3 Å². The highest BCUT2D eigenvalue weighted by Gasteiger charge is 2.53. The highest BCUT2D eigenvalue weighted by molar-refractivity contribution is 6.10. The van der Waals surface area contributed by atoms with Gasteiger partial charge in [0.15, 0.2) is 17.1 Å². The number of ether oxygens (including phenoxy) is 1. The molecule has 0 unspecified atom stereocenters. The van der Waals surface area contributed by atoms with Crippen LogP contribution in [0.25, 0.3) is 11.1 Å². The van der Waals surface area contributed by atoms with Crippen molar-refractivity contribution in [3.05, 3.63) is 58.7 Å². The summed E-state index contributed by atoms with van der Waals surface area (Å²) in [4.78, 5) is 56.6. The Labute approximate surface area is 203 Å². The molecule has 1 aromatic carbocycles. The zero-order chi connectivity index (χ0) is 25.2. The van der Waals surface area contributed by atoms with Crippen LogP contribution in [0.3, 0.4) is 0 Å². The predicted molar refractivity (Wildman–Crippen MR) is 122 cm³/mol. The van der Waals surface area contributed by atoms with Crippen molar-refractivity contribution >= 4 is 34.7 Å². The number of benzene rings is 1. The number of hydrogen-bond donors (Lipinski definition) is 2. The second-order valence-electron chi connectivity index (χ2n) is 9.38. The lowest BCUT2D eigenvalue weighted by molar-refractivity contribution is -0.127. The quantitative estimate of drug-likeness (QED) is 0.502. The van der Waals surface area contributed by atoms with Crippen LogP contribution < -0.4 is 15.4 Å². The molecule has 3 aliphatic rings. The molecular weight excluding hydrogens is 471 g/mol. The molecule has 2 N–H and O–H groups in total. The van der Waals surface area contributed by atoms with Crippen LogP contribution in [0.15, 0.2) is 34.9 Å². The van der Waals surface area contributed by atoms with Crippen LogP contribution in [-0.2, 0) is 21.5 Å². The van der Waals surface area contributed by atoms with Crippen molar-refractivity contribution in [3.8, 4) is 5.75 Å². The lowest BCUT2D eigenvalue weighted by atomic mass is 9.82. The largest absolute Gasteiger partial charge is 0.494 e. The molecule has 11 heteroatoms. The number of carbonyl (C=O) groups excluding carboxylic acids is 4. The van der Waals surface area contributed by atoms with E-state index in [-0.39, 0.29) is 54.1 Å². The van der Waals surface area contributed by atoms with E-state index in [2.05, 4.69) is 15.6 Å². The highest BCUT2D eigenvalue weighted by Crippen LogP contribution is 2.39. The fourth-order valence-corrected chi connectivity index (χ4v) is 4.83. The normalized spacial score (nSPS) is 21.2. The zero-order valence-electron chi connectivity index (χ0n) is 19.2. The Kier molecular flexibility index (Phi) is 4.85. The molecule has 2 aliphatic heterocycles. The number of furan rings is 1. The smallest absolute Gasteiger partial charge is 0.257 e. The van der Waals surface area contributed by atoms with Crippen molar-refractivity contribution < 1.29 is 32.7 Å². The summed E-state index contributed by atoms with van der Waals surface area (Å²) in [5.41, 5.74) is -0.224. The molecule has 3 aromatic rings. The van der Waals surface area contributed by atoms with Gasteiger partial charge in [0.25, 0.3) is 11.8 Å². The van der Waals surface area contributed by atoms with E-state index < -0.39 is 29.0 Å². The van der Waals surface area contributed by atoms with Crippen LogP contribution in [0.2, 0.25) is 0 Å². The molecule has 2 fully saturated rings. The SMILES string of the molecule is COc1ccc2c(c1F)C(=O)N(C[C@@]1(c3cc4ncc(C(=O)NC5CC5)cc4o3)CC(=O)NC1=O)C2. The predicted octanol–water partition coefficient (Wildman–Crippen LogP) is 1.81. The number of imide groups is 1. The number of fused-ring (bicyclic) bond motifs is 2. The molecule has 36 heavy (non-hydrogen) atoms. The molecule has 1 atom stereocenters. The molecule has 6 rings (SSSR count). The van der Waals surface area contributed by atoms with Crippen LogP contribution >= 0.6 is 0 Å². The van der Waals surface area contributed by atoms with Crippen LogP contribution in [0.5, 0.6) is 5.75 Å². The van der Waals surface area contributed by atoms with Crippen molar-refractivity contribution in [2.75, 3.05) is 13.7 Å². The Hall–Kier alpha value is -4.28. The maximum Gasteiger partial charge on any atom is 0.257 e. The number of rotatable bonds is 6. The molecule has 1 saturated heterocycles. The van der Waals surface area contributed by atoms with E-state index in [1.165, 1.54) is 36.4 Å². The van der Waals surface area contributed by atoms with Crippen molar-refractivity contribution in [1.82, 2.24) is 20.5 Å². The lowest BCUT2D eigenvalue weighted by Gasteiger charge is -2.28. The second-order valence-corrected chi connectivity index (χ2v) is 9.38. The van der Waals surface area contributed by atoms with Crippen LogP contribution in [0.4, 0.5) is 4.39 Å². The second kappa shape index (κ2) is 7.87. The minimum Gasteiger partial charge on any atom is -0.494 e. The van der Waals surface area contributed by atoms with Gasteiger partial charge in [-0.2, -0.15) is 0 Å². The van der Waals surface area contributed by atoms with Gasteiger partial charge in [-0.05, 0) is 30.5 Å². The Morgan fingerprint density at radius 2 is 2.11 bits per heavy atom. The van der Waals surface area contributed by atoms with Crippen LogP contribution in [-0.4, -0.2) is 53.2 Å². The average molecular weight is 492 g/mol. The van der Waals surface area contributed by atoms with E-state index in [9.17, 15) is 23.6 Å². The first kappa shape index (κ1) is 22.2. The van der Waals surface area contributed by atoms with Gasteiger partial charge >= 0.3 is 0 Å². The fourth-order valence-electron chi connectivity index (χ4n) is 4.83. The maximum absolute atomic E-state index is 14.8. The van der Waals surface area contributed by atoms with E-state index in [1.807, 2.05) is 0 Å². The molecule has 1 saturated carbocycles. The van der Waals surface area contributed by atoms with Gasteiger partial charge in [0, 0.05) is 31.4 Å². The van der Waals surface area contributed by atoms with Gasteiger partial charge in [-0.1, -0.05) is 6.07 Å². The zero-order valence-corrected chi connectivity index (χ0v) is 19.2. The van der Waals surface area contributed by atoms with Crippen molar-refractivity contribution in [2.24, 2.45) is 0 Å². The molecule has 2 aromatic heterocycles. The number of halogens is 1. The number of pyridine rings is 1. The number of hydrogen-bond acceptors (Lipinski definition) is 7. The number of carbonyl (C=O) groups is 4. The third kappa shape index (κ3) is 3.42. The van der Waals surface area contributed by atoms with Gasteiger partial charge in [-0.25, -0.2) is 4.39 Å². The van der Waals surface area contributed by atoms with Gasteiger partial charge in [0.1, 0.15) is 16.7 Å². The summed E-state index contributed by atoms with van der Waals surface area (Å²) in [6.45, 7) is -0.156. The Balaban J connectivity index is 1.35. The summed E-state index contributed by atoms with van der Waals surface area (Å²) in [5, 5.41) is 5.17. The molecule has 0 radical (unpaired) electrons. The first-order chi connectivity index (χ1) is 17.3. The first-order valence-electron chi connectivity index (χ1n) is 11.5. The summed E-state index contributed by atoms with van der Waals surface area (Å²) >= 11 is 0. The Bertz CT molecular complexity index is 1480. The average Bonchev–Trinajstić information content (AvgIpc) is 3.34. The molecule has 184 valence electrons. The van der Waals surface area contributed by atoms with Gasteiger partial charge in [0.05, 0.1) is 24.7 Å². The summed E-state index contributed by atoms with van der Waals surface area (Å²) in [7, 11) is 1.31. The lowest BCUT2D eigenvalue weighted by Crippen LogP contribution is -2.46. The molecule has 10 nitrogen and oxygen atoms in total. The molecule has 4 heterocycles. The number of amides is 4. The fraction of sp³-hybridized carbons (Fsp3) is 0.320. The van der Waals surface area contributed by atoms with E-state index in [4.69, 9.17) is 9.15 Å². The van der Waals surface area contributed by atoms with E-state index in [0.29, 0.717) is 16.6 Å². The minimum absolute atomic E-state index is 0.0578. The van der Waals surface area contributed by atoms with Crippen molar-refractivity contribution in [1.29, 1.82) is 0 Å². The van der Waals surface area contributed by atoms with E-state index in [0.717, 1.165) is 12.8 Å². The minimum atomic E-state index is -1.54. The summed E-state index contributed by atoms with van der Waals surface area (Å²) in [5.74, 6) is -2.72. The third-order valence-electron chi connectivity index (χ3n) is 6.90. The number of nitrogens with zero attached hydrogens (tertiary/aromatic N) is 2. The van der Waals surface area contributed by atoms with Crippen molar-refractivity contribution in [2.45, 2.75) is 37.3 Å². The third-order valence-corrected chi connectivity index (χ3v) is 6.90. The van der Waals surface area contributed by atoms with Gasteiger partial charge < -0.3 is 19.4 Å². The molecule has 1 aliphatic carbocycles. The Morgan fingerprint density at radius 1 is 1.31 bits per heavy atom. The maximum atomic E-state index is 14.8. The summed E-state index contributed by atoms with van der Waals surface area (Å²) in [6, 6.07) is 6.27. The molecular formula is C25H21FN4O6. The van der Waals surface area contributed by atoms with E-state index in [1.54, 1.807) is 6.07 Å². The number of methoxy groups -OCH3 is 1. The number of aromatic nitrogens is 1. The summed E-state index contributed by atoms with van der Waals surface area (Å²) < 4.78 is 25.8. The molecule has 0 spiro atoms.